The largest absolute Gasteiger partial charge is 0.497 e. The Kier molecular flexibility index (Phi) is 5.65. The van der Waals surface area contributed by atoms with Crippen molar-refractivity contribution in [2.45, 2.75) is 0 Å². The topological polar surface area (TPSA) is 68.3 Å². The predicted molar refractivity (Wildman–Crippen MR) is 105 cm³/mol. The summed E-state index contributed by atoms with van der Waals surface area (Å²) in [6.45, 7) is 0. The van der Waals surface area contributed by atoms with Crippen molar-refractivity contribution in [2.24, 2.45) is 0 Å². The Morgan fingerprint density at radius 2 is 1.73 bits per heavy atom. The summed E-state index contributed by atoms with van der Waals surface area (Å²) in [4.78, 5) is 8.67. The van der Waals surface area contributed by atoms with Crippen molar-refractivity contribution in [3.63, 3.8) is 0 Å². The molecule has 8 heteroatoms. The van der Waals surface area contributed by atoms with Gasteiger partial charge in [-0.25, -0.2) is 4.98 Å². The van der Waals surface area contributed by atoms with Crippen LogP contribution in [-0.2, 0) is 0 Å². The number of benzene rings is 2. The maximum Gasteiger partial charge on any atom is 0.229 e. The molecule has 134 valence electrons. The van der Waals surface area contributed by atoms with E-state index in [4.69, 9.17) is 32.7 Å². The molecule has 3 rings (SSSR count). The molecule has 26 heavy (non-hydrogen) atoms. The average molecular weight is 391 g/mol. The first-order valence-electron chi connectivity index (χ1n) is 7.63. The van der Waals surface area contributed by atoms with Crippen LogP contribution in [-0.4, -0.2) is 24.2 Å². The molecule has 2 aromatic carbocycles. The van der Waals surface area contributed by atoms with Gasteiger partial charge in [-0.05, 0) is 36.4 Å². The third-order valence-corrected chi connectivity index (χ3v) is 4.24. The third kappa shape index (κ3) is 4.28. The molecule has 0 saturated carbocycles. The van der Waals surface area contributed by atoms with Crippen LogP contribution in [0.5, 0.6) is 11.5 Å². The Bertz CT molecular complexity index is 921. The molecular formula is C18H16Cl2N4O2. The van der Waals surface area contributed by atoms with E-state index in [1.807, 2.05) is 18.2 Å². The lowest BCUT2D eigenvalue weighted by Gasteiger charge is -2.12. The smallest absolute Gasteiger partial charge is 0.229 e. The van der Waals surface area contributed by atoms with Crippen LogP contribution in [0.25, 0.3) is 0 Å². The number of nitrogens with zero attached hydrogens (tertiary/aromatic N) is 2. The standard InChI is InChI=1S/C18H16Cl2N4O2/c1-25-12-4-6-15(16(10-12)26-2)23-18-21-8-7-17(24-18)22-11-3-5-13(19)14(20)9-11/h3-10H,1-2H3,(H2,21,22,23,24). The number of methoxy groups -OCH3 is 2. The van der Waals surface area contributed by atoms with E-state index in [0.29, 0.717) is 33.3 Å². The van der Waals surface area contributed by atoms with Crippen LogP contribution in [0.1, 0.15) is 0 Å². The van der Waals surface area contributed by atoms with Gasteiger partial charge in [0.15, 0.2) is 0 Å². The van der Waals surface area contributed by atoms with Crippen LogP contribution in [0.3, 0.4) is 0 Å². The SMILES string of the molecule is COc1ccc(Nc2nccc(Nc3ccc(Cl)c(Cl)c3)n2)c(OC)c1. The van der Waals surface area contributed by atoms with Gasteiger partial charge in [-0.2, -0.15) is 4.98 Å². The van der Waals surface area contributed by atoms with Crippen LogP contribution in [0.15, 0.2) is 48.7 Å². The second-order valence-electron chi connectivity index (χ2n) is 5.21. The lowest BCUT2D eigenvalue weighted by molar-refractivity contribution is 0.395. The van der Waals surface area contributed by atoms with Gasteiger partial charge in [-0.15, -0.1) is 0 Å². The number of ether oxygens (including phenoxy) is 2. The van der Waals surface area contributed by atoms with E-state index in [1.54, 1.807) is 44.7 Å². The first kappa shape index (κ1) is 18.1. The quantitative estimate of drug-likeness (QED) is 0.595. The number of aromatic nitrogens is 2. The molecule has 0 aliphatic heterocycles. The molecule has 0 saturated heterocycles. The van der Waals surface area contributed by atoms with Crippen molar-refractivity contribution in [1.82, 2.24) is 9.97 Å². The summed E-state index contributed by atoms with van der Waals surface area (Å²) in [6.07, 6.45) is 1.64. The Morgan fingerprint density at radius 1 is 0.885 bits per heavy atom. The Labute approximate surface area is 161 Å². The lowest BCUT2D eigenvalue weighted by atomic mass is 10.2. The molecule has 1 aromatic heterocycles. The normalized spacial score (nSPS) is 10.3. The summed E-state index contributed by atoms with van der Waals surface area (Å²) in [5.41, 5.74) is 1.49. The number of anilines is 4. The van der Waals surface area contributed by atoms with Gasteiger partial charge in [0.2, 0.25) is 5.95 Å². The van der Waals surface area contributed by atoms with Gasteiger partial charge in [-0.1, -0.05) is 23.2 Å². The Balaban J connectivity index is 1.80. The molecule has 0 aliphatic carbocycles. The van der Waals surface area contributed by atoms with E-state index in [0.717, 1.165) is 11.4 Å². The fourth-order valence-corrected chi connectivity index (χ4v) is 2.53. The molecule has 3 aromatic rings. The van der Waals surface area contributed by atoms with Crippen LogP contribution >= 0.6 is 23.2 Å². The van der Waals surface area contributed by atoms with Crippen molar-refractivity contribution in [1.29, 1.82) is 0 Å². The Morgan fingerprint density at radius 3 is 2.46 bits per heavy atom. The second kappa shape index (κ2) is 8.12. The lowest BCUT2D eigenvalue weighted by Crippen LogP contribution is -2.02. The van der Waals surface area contributed by atoms with Crippen molar-refractivity contribution in [3.05, 3.63) is 58.7 Å². The van der Waals surface area contributed by atoms with Crippen LogP contribution in [0.2, 0.25) is 10.0 Å². The second-order valence-corrected chi connectivity index (χ2v) is 6.02. The number of rotatable bonds is 6. The van der Waals surface area contributed by atoms with Gasteiger partial charge < -0.3 is 20.1 Å². The molecule has 0 bridgehead atoms. The highest BCUT2D eigenvalue weighted by Crippen LogP contribution is 2.31. The minimum atomic E-state index is 0.415. The maximum absolute atomic E-state index is 6.04. The van der Waals surface area contributed by atoms with E-state index < -0.39 is 0 Å². The molecule has 0 aliphatic rings. The van der Waals surface area contributed by atoms with E-state index >= 15 is 0 Å². The summed E-state index contributed by atoms with van der Waals surface area (Å²) in [7, 11) is 3.19. The first-order chi connectivity index (χ1) is 12.6. The highest BCUT2D eigenvalue weighted by molar-refractivity contribution is 6.42. The van der Waals surface area contributed by atoms with Gasteiger partial charge in [0.25, 0.3) is 0 Å². The summed E-state index contributed by atoms with van der Waals surface area (Å²) in [6, 6.07) is 12.4. The highest BCUT2D eigenvalue weighted by atomic mass is 35.5. The van der Waals surface area contributed by atoms with Gasteiger partial charge >= 0.3 is 0 Å². The van der Waals surface area contributed by atoms with Gasteiger partial charge in [-0.3, -0.25) is 0 Å². The number of hydrogen-bond donors (Lipinski definition) is 2. The van der Waals surface area contributed by atoms with E-state index in [-0.39, 0.29) is 0 Å². The summed E-state index contributed by atoms with van der Waals surface area (Å²) < 4.78 is 10.6. The van der Waals surface area contributed by atoms with E-state index in [2.05, 4.69) is 20.6 Å². The molecule has 6 nitrogen and oxygen atoms in total. The zero-order chi connectivity index (χ0) is 18.5. The molecule has 0 unspecified atom stereocenters. The van der Waals surface area contributed by atoms with Crippen molar-refractivity contribution < 1.29 is 9.47 Å². The van der Waals surface area contributed by atoms with Crippen molar-refractivity contribution >= 4 is 46.3 Å². The van der Waals surface area contributed by atoms with Gasteiger partial charge in [0, 0.05) is 18.0 Å². The zero-order valence-corrected chi connectivity index (χ0v) is 15.6. The highest BCUT2D eigenvalue weighted by Gasteiger charge is 2.08. The maximum atomic E-state index is 6.04. The minimum Gasteiger partial charge on any atom is -0.497 e. The monoisotopic (exact) mass is 390 g/mol. The summed E-state index contributed by atoms with van der Waals surface area (Å²) in [5.74, 6) is 2.34. The molecule has 0 fully saturated rings. The van der Waals surface area contributed by atoms with Crippen LogP contribution in [0.4, 0.5) is 23.1 Å². The number of nitrogens with one attached hydrogen (secondary N) is 2. The molecule has 0 amide bonds. The van der Waals surface area contributed by atoms with Gasteiger partial charge in [0.05, 0.1) is 30.0 Å². The predicted octanol–water partition coefficient (Wildman–Crippen LogP) is 5.29. The van der Waals surface area contributed by atoms with Crippen LogP contribution < -0.4 is 20.1 Å². The molecule has 0 spiro atoms. The molecule has 0 radical (unpaired) electrons. The summed E-state index contributed by atoms with van der Waals surface area (Å²) >= 11 is 12.0. The van der Waals surface area contributed by atoms with Crippen LogP contribution in [0, 0.1) is 0 Å². The first-order valence-corrected chi connectivity index (χ1v) is 8.39. The molecular weight excluding hydrogens is 375 g/mol. The van der Waals surface area contributed by atoms with Crippen molar-refractivity contribution in [3.8, 4) is 11.5 Å². The summed E-state index contributed by atoms with van der Waals surface area (Å²) in [5, 5.41) is 7.25. The Hall–Kier alpha value is -2.70. The van der Waals surface area contributed by atoms with E-state index in [1.165, 1.54) is 0 Å². The van der Waals surface area contributed by atoms with Gasteiger partial charge in [0.1, 0.15) is 17.3 Å². The third-order valence-electron chi connectivity index (χ3n) is 3.50. The minimum absolute atomic E-state index is 0.415. The average Bonchev–Trinajstić information content (AvgIpc) is 2.65. The number of halogens is 2. The molecule has 1 heterocycles. The van der Waals surface area contributed by atoms with E-state index in [9.17, 15) is 0 Å². The number of hydrogen-bond acceptors (Lipinski definition) is 6. The molecule has 2 N–H and O–H groups in total. The zero-order valence-electron chi connectivity index (χ0n) is 14.1. The fraction of sp³-hybridized carbons (Fsp3) is 0.111. The fourth-order valence-electron chi connectivity index (χ4n) is 2.23. The molecule has 0 atom stereocenters. The van der Waals surface area contributed by atoms with Crippen molar-refractivity contribution in [2.75, 3.05) is 24.9 Å².